The Balaban J connectivity index is 1.93. The summed E-state index contributed by atoms with van der Waals surface area (Å²) in [5, 5.41) is 0. The van der Waals surface area contributed by atoms with Crippen LogP contribution >= 0.6 is 0 Å². The van der Waals surface area contributed by atoms with Gasteiger partial charge in [-0.1, -0.05) is 52.0 Å². The summed E-state index contributed by atoms with van der Waals surface area (Å²) in [4.78, 5) is 0. The molecule has 1 fully saturated rings. The Kier molecular flexibility index (Phi) is 3.88. The molecule has 0 aromatic heterocycles. The Hall–Kier alpha value is -0.820. The molecular weight excluding hydrogens is 208 g/mol. The first-order chi connectivity index (χ1) is 8.11. The number of rotatable bonds is 5. The third kappa shape index (κ3) is 3.10. The van der Waals surface area contributed by atoms with Crippen molar-refractivity contribution in [3.05, 3.63) is 35.4 Å². The van der Waals surface area contributed by atoms with Crippen molar-refractivity contribution in [3.63, 3.8) is 0 Å². The fourth-order valence-electron chi connectivity index (χ4n) is 2.44. The lowest BCUT2D eigenvalue weighted by Crippen LogP contribution is -2.01. The van der Waals surface area contributed by atoms with Crippen LogP contribution in [0.15, 0.2) is 24.3 Å². The number of benzene rings is 1. The summed E-state index contributed by atoms with van der Waals surface area (Å²) in [7, 11) is 0. The van der Waals surface area contributed by atoms with Crippen molar-refractivity contribution in [3.8, 4) is 0 Å². The molecule has 0 aliphatic carbocycles. The molecule has 1 nitrogen and oxygen atoms in total. The van der Waals surface area contributed by atoms with E-state index in [1.54, 1.807) is 0 Å². The fraction of sp³-hybridized carbons (Fsp3) is 0.625. The van der Waals surface area contributed by atoms with Crippen LogP contribution < -0.4 is 0 Å². The Labute approximate surface area is 105 Å². The number of hydrogen-bond donors (Lipinski definition) is 0. The van der Waals surface area contributed by atoms with E-state index in [0.29, 0.717) is 24.0 Å². The second kappa shape index (κ2) is 5.22. The van der Waals surface area contributed by atoms with Crippen molar-refractivity contribution in [2.45, 2.75) is 64.6 Å². The molecule has 2 rings (SSSR count). The molecule has 94 valence electrons. The largest absolute Gasteiger partial charge is 0.370 e. The van der Waals surface area contributed by atoms with Gasteiger partial charge in [0.05, 0.1) is 12.2 Å². The van der Waals surface area contributed by atoms with Gasteiger partial charge in [-0.3, -0.25) is 0 Å². The molecule has 1 heterocycles. The van der Waals surface area contributed by atoms with E-state index < -0.39 is 0 Å². The lowest BCUT2D eigenvalue weighted by Gasteiger charge is -2.12. The first kappa shape index (κ1) is 12.6. The molecule has 0 spiro atoms. The first-order valence-electron chi connectivity index (χ1n) is 6.87. The van der Waals surface area contributed by atoms with Gasteiger partial charge in [0, 0.05) is 0 Å². The SMILES string of the molecule is CCC1OC1CC(C)c1ccc(C(C)C)cc1. The van der Waals surface area contributed by atoms with Crippen LogP contribution in [0.4, 0.5) is 0 Å². The van der Waals surface area contributed by atoms with Gasteiger partial charge in [0.25, 0.3) is 0 Å². The zero-order chi connectivity index (χ0) is 12.4. The standard InChI is InChI=1S/C16H24O/c1-5-15-16(17-15)10-12(4)14-8-6-13(7-9-14)11(2)3/h6-9,11-12,15-16H,5,10H2,1-4H3. The molecule has 1 saturated heterocycles. The van der Waals surface area contributed by atoms with Gasteiger partial charge in [-0.05, 0) is 35.8 Å². The summed E-state index contributed by atoms with van der Waals surface area (Å²) in [6.07, 6.45) is 3.37. The first-order valence-corrected chi connectivity index (χ1v) is 6.87. The second-order valence-electron chi connectivity index (χ2n) is 5.58. The van der Waals surface area contributed by atoms with Gasteiger partial charge < -0.3 is 4.74 Å². The highest BCUT2D eigenvalue weighted by Gasteiger charge is 2.37. The average Bonchev–Trinajstić information content (AvgIpc) is 3.07. The van der Waals surface area contributed by atoms with Gasteiger partial charge in [-0.2, -0.15) is 0 Å². The van der Waals surface area contributed by atoms with E-state index in [1.807, 2.05) is 0 Å². The minimum absolute atomic E-state index is 0.514. The summed E-state index contributed by atoms with van der Waals surface area (Å²) in [5.74, 6) is 1.23. The van der Waals surface area contributed by atoms with E-state index in [1.165, 1.54) is 17.5 Å². The van der Waals surface area contributed by atoms with Gasteiger partial charge in [0.1, 0.15) is 0 Å². The Morgan fingerprint density at radius 3 is 2.06 bits per heavy atom. The molecule has 0 radical (unpaired) electrons. The van der Waals surface area contributed by atoms with Crippen LogP contribution in [0.2, 0.25) is 0 Å². The molecule has 1 aliphatic heterocycles. The summed E-state index contributed by atoms with van der Waals surface area (Å²) >= 11 is 0. The molecule has 1 aromatic rings. The van der Waals surface area contributed by atoms with Crippen molar-refractivity contribution in [1.82, 2.24) is 0 Å². The minimum Gasteiger partial charge on any atom is -0.370 e. The van der Waals surface area contributed by atoms with Crippen LogP contribution in [0.1, 0.15) is 63.5 Å². The number of epoxide rings is 1. The smallest absolute Gasteiger partial charge is 0.0847 e. The molecule has 17 heavy (non-hydrogen) atoms. The highest BCUT2D eigenvalue weighted by molar-refractivity contribution is 5.27. The van der Waals surface area contributed by atoms with E-state index in [9.17, 15) is 0 Å². The molecule has 3 atom stereocenters. The number of ether oxygens (including phenoxy) is 1. The Morgan fingerprint density at radius 1 is 1.00 bits per heavy atom. The van der Waals surface area contributed by atoms with Crippen LogP contribution in [-0.2, 0) is 4.74 Å². The highest BCUT2D eigenvalue weighted by Crippen LogP contribution is 2.34. The topological polar surface area (TPSA) is 12.5 Å². The maximum atomic E-state index is 5.62. The van der Waals surface area contributed by atoms with Gasteiger partial charge in [0.15, 0.2) is 0 Å². The summed E-state index contributed by atoms with van der Waals surface area (Å²) in [6.45, 7) is 8.98. The lowest BCUT2D eigenvalue weighted by atomic mass is 9.92. The van der Waals surface area contributed by atoms with Crippen LogP contribution in [0, 0.1) is 0 Å². The van der Waals surface area contributed by atoms with E-state index in [-0.39, 0.29) is 0 Å². The van der Waals surface area contributed by atoms with Crippen molar-refractivity contribution in [2.24, 2.45) is 0 Å². The predicted molar refractivity (Wildman–Crippen MR) is 72.5 cm³/mol. The fourth-order valence-corrected chi connectivity index (χ4v) is 2.44. The number of hydrogen-bond acceptors (Lipinski definition) is 1. The zero-order valence-electron chi connectivity index (χ0n) is 11.4. The molecule has 0 amide bonds. The molecule has 3 unspecified atom stereocenters. The van der Waals surface area contributed by atoms with Gasteiger partial charge in [-0.25, -0.2) is 0 Å². The second-order valence-corrected chi connectivity index (χ2v) is 5.58. The molecule has 1 heteroatoms. The van der Waals surface area contributed by atoms with Crippen LogP contribution in [-0.4, -0.2) is 12.2 Å². The highest BCUT2D eigenvalue weighted by atomic mass is 16.6. The summed E-state index contributed by atoms with van der Waals surface area (Å²) in [5.41, 5.74) is 2.87. The molecule has 0 N–H and O–H groups in total. The third-order valence-corrected chi connectivity index (χ3v) is 3.85. The molecule has 0 bridgehead atoms. The normalized spacial score (nSPS) is 25.0. The van der Waals surface area contributed by atoms with Crippen LogP contribution in [0.5, 0.6) is 0 Å². The average molecular weight is 232 g/mol. The zero-order valence-corrected chi connectivity index (χ0v) is 11.4. The Bertz CT molecular complexity index is 352. The van der Waals surface area contributed by atoms with E-state index in [0.717, 1.165) is 6.42 Å². The van der Waals surface area contributed by atoms with Crippen molar-refractivity contribution in [2.75, 3.05) is 0 Å². The summed E-state index contributed by atoms with van der Waals surface area (Å²) < 4.78 is 5.62. The quantitative estimate of drug-likeness (QED) is 0.682. The predicted octanol–water partition coefficient (Wildman–Crippen LogP) is 4.48. The lowest BCUT2D eigenvalue weighted by molar-refractivity contribution is 0.353. The third-order valence-electron chi connectivity index (χ3n) is 3.85. The molecule has 1 aliphatic rings. The maximum Gasteiger partial charge on any atom is 0.0847 e. The van der Waals surface area contributed by atoms with Gasteiger partial charge in [-0.15, -0.1) is 0 Å². The van der Waals surface area contributed by atoms with Crippen molar-refractivity contribution in [1.29, 1.82) is 0 Å². The van der Waals surface area contributed by atoms with Gasteiger partial charge >= 0.3 is 0 Å². The Morgan fingerprint density at radius 2 is 1.59 bits per heavy atom. The minimum atomic E-state index is 0.514. The summed E-state index contributed by atoms with van der Waals surface area (Å²) in [6, 6.07) is 9.09. The molecular formula is C16H24O. The molecule has 0 saturated carbocycles. The maximum absolute atomic E-state index is 5.62. The molecule has 1 aromatic carbocycles. The van der Waals surface area contributed by atoms with Gasteiger partial charge in [0.2, 0.25) is 0 Å². The van der Waals surface area contributed by atoms with Crippen molar-refractivity contribution >= 4 is 0 Å². The van der Waals surface area contributed by atoms with Crippen LogP contribution in [0.25, 0.3) is 0 Å². The van der Waals surface area contributed by atoms with Crippen molar-refractivity contribution < 1.29 is 4.74 Å². The monoisotopic (exact) mass is 232 g/mol. The van der Waals surface area contributed by atoms with E-state index >= 15 is 0 Å². The van der Waals surface area contributed by atoms with E-state index in [4.69, 9.17) is 4.74 Å². The van der Waals surface area contributed by atoms with E-state index in [2.05, 4.69) is 52.0 Å². The van der Waals surface area contributed by atoms with Crippen LogP contribution in [0.3, 0.4) is 0 Å².